The second-order valence-electron chi connectivity index (χ2n) is 5.05. The van der Waals surface area contributed by atoms with Crippen molar-refractivity contribution in [2.24, 2.45) is 4.99 Å². The molecule has 0 amide bonds. The Morgan fingerprint density at radius 2 is 2.14 bits per heavy atom. The van der Waals surface area contributed by atoms with Crippen molar-refractivity contribution in [1.29, 1.82) is 0 Å². The van der Waals surface area contributed by atoms with Gasteiger partial charge in [-0.1, -0.05) is 0 Å². The number of carbonyl (C=O) groups excluding carboxylic acids is 1. The van der Waals surface area contributed by atoms with E-state index in [-0.39, 0.29) is 5.91 Å². The highest BCUT2D eigenvalue weighted by atomic mass is 16.2. The molecule has 0 saturated heterocycles. The average molecular weight is 284 g/mol. The predicted molar refractivity (Wildman–Crippen MR) is 84.3 cm³/mol. The van der Waals surface area contributed by atoms with E-state index in [0.717, 1.165) is 23.4 Å². The number of carbonyl (C=O) groups is 1. The summed E-state index contributed by atoms with van der Waals surface area (Å²) in [7, 11) is 1.97. The fourth-order valence-corrected chi connectivity index (χ4v) is 1.93. The second-order valence-corrected chi connectivity index (χ2v) is 5.05. The monoisotopic (exact) mass is 284 g/mol. The third kappa shape index (κ3) is 3.37. The maximum Gasteiger partial charge on any atom is 0.263 e. The van der Waals surface area contributed by atoms with Gasteiger partial charge in [-0.05, 0) is 44.0 Å². The van der Waals surface area contributed by atoms with Gasteiger partial charge in [0.15, 0.2) is 0 Å². The van der Waals surface area contributed by atoms with E-state index in [9.17, 15) is 4.79 Å². The first-order chi connectivity index (χ1) is 10.0. The van der Waals surface area contributed by atoms with Gasteiger partial charge in [-0.2, -0.15) is 0 Å². The summed E-state index contributed by atoms with van der Waals surface area (Å²) >= 11 is 0. The molecule has 0 radical (unpaired) electrons. The van der Waals surface area contributed by atoms with Gasteiger partial charge in [0.2, 0.25) is 0 Å². The maximum atomic E-state index is 12.4. The molecular weight excluding hydrogens is 264 g/mol. The highest BCUT2D eigenvalue weighted by Crippen LogP contribution is 2.23. The summed E-state index contributed by atoms with van der Waals surface area (Å²) in [6.45, 7) is 6.85. The van der Waals surface area contributed by atoms with E-state index in [0.29, 0.717) is 5.56 Å². The summed E-state index contributed by atoms with van der Waals surface area (Å²) in [5, 5.41) is 0. The molecule has 5 nitrogen and oxygen atoms in total. The molecular formula is C16H20N4O. The quantitative estimate of drug-likeness (QED) is 0.641. The molecule has 5 heteroatoms. The van der Waals surface area contributed by atoms with Crippen LogP contribution < -0.4 is 0 Å². The minimum absolute atomic E-state index is 0.0747. The van der Waals surface area contributed by atoms with Gasteiger partial charge in [0.05, 0.1) is 12.0 Å². The van der Waals surface area contributed by atoms with Crippen LogP contribution >= 0.6 is 0 Å². The van der Waals surface area contributed by atoms with Gasteiger partial charge < -0.3 is 4.90 Å². The Bertz CT molecular complexity index is 659. The molecule has 2 rings (SSSR count). The van der Waals surface area contributed by atoms with Crippen LogP contribution in [0.25, 0.3) is 0 Å². The van der Waals surface area contributed by atoms with Crippen molar-refractivity contribution in [2.45, 2.75) is 20.8 Å². The Labute approximate surface area is 124 Å². The third-order valence-corrected chi connectivity index (χ3v) is 3.40. The summed E-state index contributed by atoms with van der Waals surface area (Å²) in [6.07, 6.45) is 6.57. The number of aliphatic imine (C=N–C) groups is 1. The first kappa shape index (κ1) is 15.0. The zero-order valence-electron chi connectivity index (χ0n) is 12.9. The summed E-state index contributed by atoms with van der Waals surface area (Å²) in [5.74, 6) is -0.0747. The zero-order valence-corrected chi connectivity index (χ0v) is 12.9. The topological polar surface area (TPSA) is 50.5 Å². The first-order valence-electron chi connectivity index (χ1n) is 6.91. The van der Waals surface area contributed by atoms with Crippen LogP contribution in [0.1, 0.15) is 28.4 Å². The smallest absolute Gasteiger partial charge is 0.263 e. The molecule has 1 aromatic carbocycles. The van der Waals surface area contributed by atoms with Gasteiger partial charge in [-0.3, -0.25) is 9.36 Å². The Balaban J connectivity index is 2.33. The lowest BCUT2D eigenvalue weighted by Crippen LogP contribution is -2.14. The van der Waals surface area contributed by atoms with E-state index in [1.807, 2.05) is 37.9 Å². The van der Waals surface area contributed by atoms with Crippen LogP contribution in [0, 0.1) is 13.8 Å². The first-order valence-corrected chi connectivity index (χ1v) is 6.91. The molecule has 0 saturated carbocycles. The van der Waals surface area contributed by atoms with Crippen molar-refractivity contribution in [2.75, 3.05) is 13.6 Å². The lowest BCUT2D eigenvalue weighted by Gasteiger charge is -2.11. The van der Waals surface area contributed by atoms with Gasteiger partial charge in [-0.15, -0.1) is 0 Å². The van der Waals surface area contributed by atoms with E-state index in [1.54, 1.807) is 18.7 Å². The standard InChI is InChI=1S/C16H20N4O/c1-5-19(4)11-18-15-9-12(2)14(8-13(15)3)16(21)20-7-6-17-10-20/h6-11H,5H2,1-4H3/b18-11+. The minimum Gasteiger partial charge on any atom is -0.366 e. The van der Waals surface area contributed by atoms with Crippen LogP contribution in [-0.2, 0) is 0 Å². The molecule has 2 aromatic rings. The average Bonchev–Trinajstić information content (AvgIpc) is 3.00. The second kappa shape index (κ2) is 6.35. The van der Waals surface area contributed by atoms with Gasteiger partial charge in [-0.25, -0.2) is 9.98 Å². The number of aromatic nitrogens is 2. The fraction of sp³-hybridized carbons (Fsp3) is 0.312. The molecule has 0 N–H and O–H groups in total. The number of benzene rings is 1. The Morgan fingerprint density at radius 3 is 2.76 bits per heavy atom. The van der Waals surface area contributed by atoms with Crippen LogP contribution in [0.15, 0.2) is 35.8 Å². The Hall–Kier alpha value is -2.43. The van der Waals surface area contributed by atoms with Crippen molar-refractivity contribution in [3.05, 3.63) is 47.5 Å². The van der Waals surface area contributed by atoms with Crippen molar-refractivity contribution in [3.63, 3.8) is 0 Å². The molecule has 0 bridgehead atoms. The number of hydrogen-bond acceptors (Lipinski definition) is 3. The largest absolute Gasteiger partial charge is 0.366 e. The minimum atomic E-state index is -0.0747. The molecule has 1 aromatic heterocycles. The number of imidazole rings is 1. The molecule has 0 fully saturated rings. The number of hydrogen-bond donors (Lipinski definition) is 0. The van der Waals surface area contributed by atoms with Crippen LogP contribution in [0.3, 0.4) is 0 Å². The van der Waals surface area contributed by atoms with E-state index in [2.05, 4.69) is 16.9 Å². The summed E-state index contributed by atoms with van der Waals surface area (Å²) < 4.78 is 1.48. The lowest BCUT2D eigenvalue weighted by atomic mass is 10.0. The molecule has 0 aliphatic rings. The normalized spacial score (nSPS) is 11.0. The summed E-state index contributed by atoms with van der Waals surface area (Å²) in [6, 6.07) is 3.83. The van der Waals surface area contributed by atoms with Crippen molar-refractivity contribution >= 4 is 17.9 Å². The molecule has 0 aliphatic heterocycles. The van der Waals surface area contributed by atoms with E-state index in [4.69, 9.17) is 0 Å². The van der Waals surface area contributed by atoms with Crippen molar-refractivity contribution < 1.29 is 4.79 Å². The molecule has 21 heavy (non-hydrogen) atoms. The van der Waals surface area contributed by atoms with Crippen LogP contribution in [0.2, 0.25) is 0 Å². The van der Waals surface area contributed by atoms with Gasteiger partial charge in [0.25, 0.3) is 5.91 Å². The highest BCUT2D eigenvalue weighted by molar-refractivity contribution is 5.97. The third-order valence-electron chi connectivity index (χ3n) is 3.40. The highest BCUT2D eigenvalue weighted by Gasteiger charge is 2.13. The molecule has 0 aliphatic carbocycles. The van der Waals surface area contributed by atoms with Crippen LogP contribution in [-0.4, -0.2) is 40.3 Å². The lowest BCUT2D eigenvalue weighted by molar-refractivity contribution is 0.0959. The molecule has 1 heterocycles. The molecule has 0 unspecified atom stereocenters. The zero-order chi connectivity index (χ0) is 15.4. The molecule has 110 valence electrons. The van der Waals surface area contributed by atoms with Gasteiger partial charge in [0, 0.05) is 31.5 Å². The van der Waals surface area contributed by atoms with Crippen molar-refractivity contribution in [3.8, 4) is 0 Å². The number of rotatable bonds is 4. The Morgan fingerprint density at radius 1 is 1.38 bits per heavy atom. The van der Waals surface area contributed by atoms with Gasteiger partial charge >= 0.3 is 0 Å². The molecule has 0 spiro atoms. The van der Waals surface area contributed by atoms with Crippen LogP contribution in [0.5, 0.6) is 0 Å². The fourth-order valence-electron chi connectivity index (χ4n) is 1.93. The van der Waals surface area contributed by atoms with E-state index in [1.165, 1.54) is 10.9 Å². The van der Waals surface area contributed by atoms with Crippen LogP contribution in [0.4, 0.5) is 5.69 Å². The number of aryl methyl sites for hydroxylation is 2. The summed E-state index contributed by atoms with van der Waals surface area (Å²) in [5.41, 5.74) is 3.44. The maximum absolute atomic E-state index is 12.4. The molecule has 0 atom stereocenters. The predicted octanol–water partition coefficient (Wildman–Crippen LogP) is 2.80. The number of nitrogens with zero attached hydrogens (tertiary/aromatic N) is 4. The van der Waals surface area contributed by atoms with E-state index < -0.39 is 0 Å². The van der Waals surface area contributed by atoms with Crippen molar-refractivity contribution in [1.82, 2.24) is 14.5 Å². The van der Waals surface area contributed by atoms with Gasteiger partial charge in [0.1, 0.15) is 6.33 Å². The SMILES string of the molecule is CCN(C)/C=N/c1cc(C)c(C(=O)n2ccnc2)cc1C. The summed E-state index contributed by atoms with van der Waals surface area (Å²) in [4.78, 5) is 22.8. The Kier molecular flexibility index (Phi) is 4.52. The van der Waals surface area contributed by atoms with E-state index >= 15 is 0 Å².